The molecule has 0 fully saturated rings. The van der Waals surface area contributed by atoms with Crippen molar-refractivity contribution in [2.75, 3.05) is 13.2 Å². The third kappa shape index (κ3) is 38.1. The average Bonchev–Trinajstić information content (AvgIpc) is 2.89. The van der Waals surface area contributed by atoms with Gasteiger partial charge in [0.1, 0.15) is 0 Å². The quantitative estimate of drug-likeness (QED) is 0.0762. The Morgan fingerprint density at radius 2 is 0.692 bits per heavy atom. The zero-order chi connectivity index (χ0) is 29.4. The molecule has 8 heteroatoms. The van der Waals surface area contributed by atoms with Crippen LogP contribution in [0.25, 0.3) is 0 Å². The number of rotatable bonds is 27. The highest BCUT2D eigenvalue weighted by Gasteiger charge is 2.04. The van der Waals surface area contributed by atoms with Crippen molar-refractivity contribution in [3.8, 4) is 0 Å². The molecule has 0 heterocycles. The highest BCUT2D eigenvalue weighted by atomic mass is 16.5. The Kier molecular flexibility index (Phi) is 32.1. The van der Waals surface area contributed by atoms with Crippen LogP contribution in [0.1, 0.15) is 162 Å². The van der Waals surface area contributed by atoms with Crippen molar-refractivity contribution < 1.29 is 38.9 Å². The predicted molar refractivity (Wildman–Crippen MR) is 155 cm³/mol. The molecule has 0 atom stereocenters. The summed E-state index contributed by atoms with van der Waals surface area (Å²) in [5.41, 5.74) is 0. The van der Waals surface area contributed by atoms with E-state index >= 15 is 0 Å². The second-order valence-electron chi connectivity index (χ2n) is 10.2. The summed E-state index contributed by atoms with van der Waals surface area (Å²) in [5.74, 6) is -1.61. The lowest BCUT2D eigenvalue weighted by molar-refractivity contribution is -0.144. The summed E-state index contributed by atoms with van der Waals surface area (Å²) in [6.07, 6.45) is 20.8. The van der Waals surface area contributed by atoms with E-state index in [0.29, 0.717) is 26.1 Å². The zero-order valence-electron chi connectivity index (χ0n) is 25.0. The molecular formula is C31H58O8. The minimum absolute atomic E-state index is 0.0665. The van der Waals surface area contributed by atoms with Gasteiger partial charge in [0.2, 0.25) is 0 Å². The third-order valence-electron chi connectivity index (χ3n) is 6.31. The first kappa shape index (κ1) is 39.0. The first-order chi connectivity index (χ1) is 18.8. The maximum absolute atomic E-state index is 11.5. The van der Waals surface area contributed by atoms with Gasteiger partial charge in [-0.25, -0.2) is 0 Å². The van der Waals surface area contributed by atoms with E-state index in [1.807, 2.05) is 0 Å². The Balaban J connectivity index is 0. The Morgan fingerprint density at radius 1 is 0.410 bits per heavy atom. The second-order valence-corrected chi connectivity index (χ2v) is 10.2. The number of esters is 2. The van der Waals surface area contributed by atoms with E-state index in [4.69, 9.17) is 19.7 Å². The molecule has 0 aromatic heterocycles. The van der Waals surface area contributed by atoms with Gasteiger partial charge in [0.05, 0.1) is 13.2 Å². The summed E-state index contributed by atoms with van der Waals surface area (Å²) in [7, 11) is 0. The van der Waals surface area contributed by atoms with Gasteiger partial charge >= 0.3 is 23.9 Å². The molecule has 0 saturated heterocycles. The van der Waals surface area contributed by atoms with E-state index in [-0.39, 0.29) is 24.8 Å². The minimum atomic E-state index is -0.740. The number of unbranched alkanes of at least 4 members (excludes halogenated alkanes) is 15. The number of carbonyl (C=O) groups excluding carboxylic acids is 2. The summed E-state index contributed by atoms with van der Waals surface area (Å²) < 4.78 is 10.4. The van der Waals surface area contributed by atoms with Crippen LogP contribution in [0.2, 0.25) is 0 Å². The van der Waals surface area contributed by atoms with Crippen molar-refractivity contribution in [3.05, 3.63) is 0 Å². The summed E-state index contributed by atoms with van der Waals surface area (Å²) >= 11 is 0. The number of carboxylic acids is 2. The van der Waals surface area contributed by atoms with E-state index in [1.54, 1.807) is 0 Å². The maximum atomic E-state index is 11.5. The van der Waals surface area contributed by atoms with E-state index < -0.39 is 11.9 Å². The zero-order valence-corrected chi connectivity index (χ0v) is 25.0. The van der Waals surface area contributed by atoms with Gasteiger partial charge in [-0.2, -0.15) is 0 Å². The van der Waals surface area contributed by atoms with Gasteiger partial charge in [-0.1, -0.05) is 97.3 Å². The number of aliphatic carboxylic acids is 2. The lowest BCUT2D eigenvalue weighted by Gasteiger charge is -2.05. The molecule has 39 heavy (non-hydrogen) atoms. The van der Waals surface area contributed by atoms with Crippen molar-refractivity contribution in [1.29, 1.82) is 0 Å². The van der Waals surface area contributed by atoms with E-state index in [1.165, 1.54) is 25.7 Å². The van der Waals surface area contributed by atoms with Gasteiger partial charge in [-0.3, -0.25) is 19.2 Å². The molecule has 0 unspecified atom stereocenters. The van der Waals surface area contributed by atoms with Gasteiger partial charge in [0.25, 0.3) is 0 Å². The molecule has 0 aliphatic rings. The Hall–Kier alpha value is -2.12. The molecular weight excluding hydrogens is 500 g/mol. The van der Waals surface area contributed by atoms with E-state index in [0.717, 1.165) is 96.3 Å². The molecule has 0 amide bonds. The molecule has 0 aliphatic heterocycles. The third-order valence-corrected chi connectivity index (χ3v) is 6.31. The predicted octanol–water partition coefficient (Wildman–Crippen LogP) is 8.24. The topological polar surface area (TPSA) is 127 Å². The number of carbonyl (C=O) groups is 4. The smallest absolute Gasteiger partial charge is 0.305 e. The van der Waals surface area contributed by atoms with Gasteiger partial charge in [0, 0.05) is 25.7 Å². The standard InChI is InChI=1S/C21H40O4.C10H18O4/c1-3-5-7-14-18-24-20(22)16-12-10-9-11-13-17-21(23)25-19-15-8-6-4-2;11-9(12)7-5-3-1-2-4-6-8-10(13)14/h3-19H2,1-2H3;1-8H2,(H,11,12)(H,13,14). The number of ether oxygens (including phenoxy) is 2. The van der Waals surface area contributed by atoms with Crippen molar-refractivity contribution in [2.24, 2.45) is 0 Å². The molecule has 2 N–H and O–H groups in total. The fourth-order valence-corrected chi connectivity index (χ4v) is 3.90. The number of hydrogen-bond donors (Lipinski definition) is 2. The van der Waals surface area contributed by atoms with Crippen molar-refractivity contribution in [3.63, 3.8) is 0 Å². The molecule has 0 saturated carbocycles. The van der Waals surface area contributed by atoms with Crippen molar-refractivity contribution >= 4 is 23.9 Å². The fourth-order valence-electron chi connectivity index (χ4n) is 3.90. The van der Waals surface area contributed by atoms with Crippen LogP contribution in [-0.4, -0.2) is 47.3 Å². The first-order valence-electron chi connectivity index (χ1n) is 15.6. The summed E-state index contributed by atoms with van der Waals surface area (Å²) in [6.45, 7) is 5.48. The van der Waals surface area contributed by atoms with Gasteiger partial charge in [-0.15, -0.1) is 0 Å². The van der Waals surface area contributed by atoms with Crippen LogP contribution in [0.5, 0.6) is 0 Å². The molecule has 0 bridgehead atoms. The Labute approximate surface area is 237 Å². The van der Waals surface area contributed by atoms with Crippen LogP contribution in [0.3, 0.4) is 0 Å². The molecule has 0 radical (unpaired) electrons. The Morgan fingerprint density at radius 3 is 1.00 bits per heavy atom. The molecule has 0 rings (SSSR count). The SMILES string of the molecule is CCCCCCOC(=O)CCCCCCCC(=O)OCCCCCC.O=C(O)CCCCCCCCC(=O)O. The van der Waals surface area contributed by atoms with E-state index in [9.17, 15) is 19.2 Å². The largest absolute Gasteiger partial charge is 0.481 e. The molecule has 0 spiro atoms. The van der Waals surface area contributed by atoms with Crippen LogP contribution < -0.4 is 0 Å². The molecule has 0 aromatic carbocycles. The normalized spacial score (nSPS) is 10.4. The van der Waals surface area contributed by atoms with Crippen molar-refractivity contribution in [2.45, 2.75) is 162 Å². The van der Waals surface area contributed by atoms with Crippen molar-refractivity contribution in [1.82, 2.24) is 0 Å². The number of hydrogen-bond acceptors (Lipinski definition) is 6. The van der Waals surface area contributed by atoms with Crippen LogP contribution >= 0.6 is 0 Å². The van der Waals surface area contributed by atoms with Crippen LogP contribution in [0, 0.1) is 0 Å². The van der Waals surface area contributed by atoms with Gasteiger partial charge < -0.3 is 19.7 Å². The fraction of sp³-hybridized carbons (Fsp3) is 0.871. The summed E-state index contributed by atoms with van der Waals surface area (Å²) in [4.78, 5) is 43.4. The highest BCUT2D eigenvalue weighted by molar-refractivity contribution is 5.69. The summed E-state index contributed by atoms with van der Waals surface area (Å²) in [5, 5.41) is 16.7. The van der Waals surface area contributed by atoms with Crippen LogP contribution in [0.15, 0.2) is 0 Å². The Bertz CT molecular complexity index is 541. The van der Waals surface area contributed by atoms with E-state index in [2.05, 4.69) is 13.8 Å². The molecule has 230 valence electrons. The molecule has 0 aliphatic carbocycles. The second kappa shape index (κ2) is 32.1. The van der Waals surface area contributed by atoms with Gasteiger partial charge in [0.15, 0.2) is 0 Å². The highest BCUT2D eigenvalue weighted by Crippen LogP contribution is 2.10. The molecule has 0 aromatic rings. The van der Waals surface area contributed by atoms with Crippen LogP contribution in [-0.2, 0) is 28.7 Å². The lowest BCUT2D eigenvalue weighted by atomic mass is 10.1. The van der Waals surface area contributed by atoms with Crippen LogP contribution in [0.4, 0.5) is 0 Å². The summed E-state index contributed by atoms with van der Waals surface area (Å²) in [6, 6.07) is 0. The maximum Gasteiger partial charge on any atom is 0.305 e. The molecule has 8 nitrogen and oxygen atoms in total. The first-order valence-corrected chi connectivity index (χ1v) is 15.6. The van der Waals surface area contributed by atoms with Gasteiger partial charge in [-0.05, 0) is 38.5 Å². The average molecular weight is 559 g/mol. The number of carboxylic acid groups (broad SMARTS) is 2. The minimum Gasteiger partial charge on any atom is -0.481 e. The monoisotopic (exact) mass is 558 g/mol. The lowest BCUT2D eigenvalue weighted by Crippen LogP contribution is -2.06.